The molecule has 136 valence electrons. The number of hydrogen-bond donors (Lipinski definition) is 2. The number of rotatable bonds is 5. The summed E-state index contributed by atoms with van der Waals surface area (Å²) in [6, 6.07) is 14.5. The zero-order chi connectivity index (χ0) is 19.4. The smallest absolute Gasteiger partial charge is 0.267 e. The summed E-state index contributed by atoms with van der Waals surface area (Å²) in [5.41, 5.74) is 6.54. The number of hydrogen-bond acceptors (Lipinski definition) is 4. The van der Waals surface area contributed by atoms with E-state index in [1.54, 1.807) is 0 Å². The third-order valence-corrected chi connectivity index (χ3v) is 3.75. The van der Waals surface area contributed by atoms with Crippen molar-refractivity contribution in [3.8, 4) is 11.3 Å². The Bertz CT molecular complexity index is 1040. The molecule has 0 unspecified atom stereocenters. The first-order chi connectivity index (χ1) is 12.9. The molecule has 2 amide bonds. The van der Waals surface area contributed by atoms with Crippen molar-refractivity contribution >= 4 is 17.5 Å². The van der Waals surface area contributed by atoms with Crippen LogP contribution < -0.4 is 16.6 Å². The molecular formula is C19H15FN4O3. The highest BCUT2D eigenvalue weighted by molar-refractivity contribution is 5.94. The van der Waals surface area contributed by atoms with Crippen LogP contribution in [0.5, 0.6) is 0 Å². The summed E-state index contributed by atoms with van der Waals surface area (Å²) in [6.07, 6.45) is 0. The minimum absolute atomic E-state index is 0.300. The molecule has 0 aliphatic carbocycles. The first-order valence-electron chi connectivity index (χ1n) is 7.96. The van der Waals surface area contributed by atoms with Gasteiger partial charge in [-0.25, -0.2) is 9.07 Å². The van der Waals surface area contributed by atoms with Crippen LogP contribution in [0.4, 0.5) is 10.1 Å². The zero-order valence-electron chi connectivity index (χ0n) is 14.1. The maximum atomic E-state index is 13.0. The number of carbonyl (C=O) groups is 2. The van der Waals surface area contributed by atoms with Crippen molar-refractivity contribution in [1.29, 1.82) is 0 Å². The van der Waals surface area contributed by atoms with Gasteiger partial charge in [-0.3, -0.25) is 14.4 Å². The van der Waals surface area contributed by atoms with Crippen LogP contribution in [0.1, 0.15) is 10.4 Å². The molecule has 0 aliphatic rings. The summed E-state index contributed by atoms with van der Waals surface area (Å²) < 4.78 is 14.1. The second kappa shape index (κ2) is 7.61. The molecule has 2 aromatic carbocycles. The summed E-state index contributed by atoms with van der Waals surface area (Å²) in [4.78, 5) is 35.2. The van der Waals surface area contributed by atoms with Gasteiger partial charge in [0.25, 0.3) is 5.56 Å². The quantitative estimate of drug-likeness (QED) is 0.718. The molecule has 7 nitrogen and oxygen atoms in total. The molecule has 0 saturated heterocycles. The number of halogens is 1. The molecule has 0 aliphatic heterocycles. The number of carbonyl (C=O) groups excluding carboxylic acids is 2. The number of aromatic nitrogens is 2. The zero-order valence-corrected chi connectivity index (χ0v) is 14.1. The van der Waals surface area contributed by atoms with E-state index in [1.165, 1.54) is 60.7 Å². The lowest BCUT2D eigenvalue weighted by Gasteiger charge is -2.08. The molecule has 1 aromatic heterocycles. The van der Waals surface area contributed by atoms with Gasteiger partial charge < -0.3 is 11.1 Å². The van der Waals surface area contributed by atoms with E-state index >= 15 is 0 Å². The molecule has 0 saturated carbocycles. The van der Waals surface area contributed by atoms with Gasteiger partial charge in [-0.05, 0) is 54.6 Å². The van der Waals surface area contributed by atoms with Gasteiger partial charge in [-0.1, -0.05) is 0 Å². The number of amides is 2. The lowest BCUT2D eigenvalue weighted by atomic mass is 10.1. The van der Waals surface area contributed by atoms with Crippen LogP contribution in [0.25, 0.3) is 11.3 Å². The normalized spacial score (nSPS) is 10.4. The van der Waals surface area contributed by atoms with Crippen molar-refractivity contribution in [2.45, 2.75) is 6.54 Å². The van der Waals surface area contributed by atoms with E-state index in [0.29, 0.717) is 22.5 Å². The molecule has 0 fully saturated rings. The first kappa shape index (κ1) is 18.0. The maximum Gasteiger partial charge on any atom is 0.267 e. The Kier molecular flexibility index (Phi) is 5.07. The SMILES string of the molecule is NC(=O)c1ccc(NC(=O)Cn2nc(-c3ccc(F)cc3)ccc2=O)cc1. The molecule has 3 rings (SSSR count). The Labute approximate surface area is 153 Å². The van der Waals surface area contributed by atoms with Crippen LogP contribution in [0.2, 0.25) is 0 Å². The van der Waals surface area contributed by atoms with E-state index in [1.807, 2.05) is 0 Å². The lowest BCUT2D eigenvalue weighted by molar-refractivity contribution is -0.117. The Morgan fingerprint density at radius 2 is 1.67 bits per heavy atom. The number of primary amides is 1. The second-order valence-corrected chi connectivity index (χ2v) is 5.71. The van der Waals surface area contributed by atoms with Gasteiger partial charge in [0.1, 0.15) is 12.4 Å². The molecular weight excluding hydrogens is 351 g/mol. The third kappa shape index (κ3) is 4.43. The summed E-state index contributed by atoms with van der Waals surface area (Å²) in [5.74, 6) is -1.41. The van der Waals surface area contributed by atoms with Crippen molar-refractivity contribution in [3.05, 3.63) is 82.4 Å². The molecule has 0 atom stereocenters. The highest BCUT2D eigenvalue weighted by Gasteiger charge is 2.09. The Balaban J connectivity index is 1.75. The minimum atomic E-state index is -0.568. The number of nitrogens with one attached hydrogen (secondary N) is 1. The molecule has 27 heavy (non-hydrogen) atoms. The van der Waals surface area contributed by atoms with E-state index in [0.717, 1.165) is 4.68 Å². The van der Waals surface area contributed by atoms with Gasteiger partial charge in [0.05, 0.1) is 5.69 Å². The second-order valence-electron chi connectivity index (χ2n) is 5.71. The van der Waals surface area contributed by atoms with Crippen LogP contribution in [0.3, 0.4) is 0 Å². The van der Waals surface area contributed by atoms with Gasteiger partial charge in [0.15, 0.2) is 0 Å². The van der Waals surface area contributed by atoms with Crippen molar-refractivity contribution in [3.63, 3.8) is 0 Å². The monoisotopic (exact) mass is 366 g/mol. The van der Waals surface area contributed by atoms with E-state index in [4.69, 9.17) is 5.73 Å². The average Bonchev–Trinajstić information content (AvgIpc) is 2.64. The van der Waals surface area contributed by atoms with E-state index < -0.39 is 17.4 Å². The highest BCUT2D eigenvalue weighted by atomic mass is 19.1. The van der Waals surface area contributed by atoms with Gasteiger partial charge in [0, 0.05) is 22.9 Å². The number of nitrogens with zero attached hydrogens (tertiary/aromatic N) is 2. The minimum Gasteiger partial charge on any atom is -0.366 e. The van der Waals surface area contributed by atoms with Crippen LogP contribution >= 0.6 is 0 Å². The van der Waals surface area contributed by atoms with E-state index in [-0.39, 0.29) is 12.4 Å². The van der Waals surface area contributed by atoms with Crippen LogP contribution in [-0.2, 0) is 11.3 Å². The largest absolute Gasteiger partial charge is 0.366 e. The van der Waals surface area contributed by atoms with Gasteiger partial charge in [0.2, 0.25) is 11.8 Å². The Hall–Kier alpha value is -3.81. The van der Waals surface area contributed by atoms with Gasteiger partial charge in [-0.2, -0.15) is 5.10 Å². The molecule has 0 bridgehead atoms. The summed E-state index contributed by atoms with van der Waals surface area (Å²) >= 11 is 0. The molecule has 8 heteroatoms. The van der Waals surface area contributed by atoms with Gasteiger partial charge >= 0.3 is 0 Å². The van der Waals surface area contributed by atoms with Crippen LogP contribution in [0, 0.1) is 5.82 Å². The highest BCUT2D eigenvalue weighted by Crippen LogP contribution is 2.15. The fourth-order valence-corrected chi connectivity index (χ4v) is 2.39. The maximum absolute atomic E-state index is 13.0. The molecule has 1 heterocycles. The van der Waals surface area contributed by atoms with Crippen LogP contribution in [0.15, 0.2) is 65.5 Å². The standard InChI is InChI=1S/C19H15FN4O3/c20-14-5-1-12(2-6-14)16-9-10-18(26)24(23-16)11-17(25)22-15-7-3-13(4-8-15)19(21)27/h1-10H,11H2,(H2,21,27)(H,22,25). The molecule has 0 radical (unpaired) electrons. The lowest BCUT2D eigenvalue weighted by Crippen LogP contribution is -2.29. The predicted molar refractivity (Wildman–Crippen MR) is 97.5 cm³/mol. The Morgan fingerprint density at radius 1 is 1.00 bits per heavy atom. The number of anilines is 1. The first-order valence-corrected chi connectivity index (χ1v) is 7.96. The predicted octanol–water partition coefficient (Wildman–Crippen LogP) is 1.79. The topological polar surface area (TPSA) is 107 Å². The average molecular weight is 366 g/mol. The van der Waals surface area contributed by atoms with Crippen molar-refractivity contribution in [2.75, 3.05) is 5.32 Å². The summed E-state index contributed by atoms with van der Waals surface area (Å²) in [5, 5.41) is 6.76. The third-order valence-electron chi connectivity index (χ3n) is 3.75. The van der Waals surface area contributed by atoms with Gasteiger partial charge in [-0.15, -0.1) is 0 Å². The summed E-state index contributed by atoms with van der Waals surface area (Å²) in [6.45, 7) is -0.300. The fraction of sp³-hybridized carbons (Fsp3) is 0.0526. The van der Waals surface area contributed by atoms with Crippen molar-refractivity contribution in [1.82, 2.24) is 9.78 Å². The molecule has 0 spiro atoms. The summed E-state index contributed by atoms with van der Waals surface area (Å²) in [7, 11) is 0. The molecule has 3 aromatic rings. The van der Waals surface area contributed by atoms with Crippen molar-refractivity contribution in [2.24, 2.45) is 5.73 Å². The van der Waals surface area contributed by atoms with Crippen molar-refractivity contribution < 1.29 is 14.0 Å². The molecule has 3 N–H and O–H groups in total. The number of benzene rings is 2. The fourth-order valence-electron chi connectivity index (χ4n) is 2.39. The van der Waals surface area contributed by atoms with E-state index in [9.17, 15) is 18.8 Å². The van der Waals surface area contributed by atoms with Crippen LogP contribution in [-0.4, -0.2) is 21.6 Å². The Morgan fingerprint density at radius 3 is 2.30 bits per heavy atom. The van der Waals surface area contributed by atoms with E-state index in [2.05, 4.69) is 10.4 Å². The number of nitrogens with two attached hydrogens (primary N) is 1.